The summed E-state index contributed by atoms with van der Waals surface area (Å²) < 4.78 is 27.0. The van der Waals surface area contributed by atoms with Crippen molar-refractivity contribution in [2.24, 2.45) is 15.8 Å². The smallest absolute Gasteiger partial charge is 0.209 e. The van der Waals surface area contributed by atoms with Gasteiger partial charge in [-0.2, -0.15) is 15.6 Å². The molecule has 0 heterocycles. The van der Waals surface area contributed by atoms with Crippen molar-refractivity contribution in [3.05, 3.63) is 67.5 Å². The lowest BCUT2D eigenvalue weighted by Crippen LogP contribution is -2.99. The van der Waals surface area contributed by atoms with Gasteiger partial charge in [0.25, 0.3) is 0 Å². The van der Waals surface area contributed by atoms with Crippen LogP contribution in [-0.2, 0) is 6.42 Å². The summed E-state index contributed by atoms with van der Waals surface area (Å²) in [6, 6.07) is 3.99. The first-order chi connectivity index (χ1) is 14.1. The fourth-order valence-corrected chi connectivity index (χ4v) is 3.07. The van der Waals surface area contributed by atoms with Crippen molar-refractivity contribution in [3.63, 3.8) is 0 Å². The summed E-state index contributed by atoms with van der Waals surface area (Å²) >= 11 is 11.7. The predicted octanol–water partition coefficient (Wildman–Crippen LogP) is 0.559. The fraction of sp³-hybridized carbons (Fsp3) is 0.125. The van der Waals surface area contributed by atoms with Crippen LogP contribution in [0.3, 0.4) is 0 Å². The SMILES string of the molecule is NC(=NCCc1cc(F)cc(F)c1[NH+]([O-])O)N/N=C/c1cc(Cl)cc(Cl)c1[NH+]([O-])O. The molecule has 2 atom stereocenters. The molecule has 10 nitrogen and oxygen atoms in total. The minimum Gasteiger partial charge on any atom is -0.595 e. The van der Waals surface area contributed by atoms with Crippen LogP contribution in [0.5, 0.6) is 0 Å². The van der Waals surface area contributed by atoms with Crippen molar-refractivity contribution in [1.82, 2.24) is 5.43 Å². The zero-order valence-electron chi connectivity index (χ0n) is 15.0. The standard InChI is InChI=1S/C16H16Cl2F2N6O4/c17-10-3-9(14(25(27)28)12(18)5-10)7-23-24-16(21)22-2-1-8-4-11(19)6-13(20)15(8)26(29)30/h3-7,25-27,29H,1-2H2,(H3,21,22,24)/b23-7+. The van der Waals surface area contributed by atoms with Gasteiger partial charge in [-0.25, -0.2) is 24.6 Å². The van der Waals surface area contributed by atoms with E-state index >= 15 is 0 Å². The number of aliphatic imine (C=N–C) groups is 1. The Balaban J connectivity index is 2.06. The predicted molar refractivity (Wildman–Crippen MR) is 105 cm³/mol. The number of benzene rings is 2. The first kappa shape index (κ1) is 23.9. The van der Waals surface area contributed by atoms with Gasteiger partial charge < -0.3 is 16.1 Å². The van der Waals surface area contributed by atoms with Gasteiger partial charge in [-0.3, -0.25) is 4.99 Å². The Hall–Kier alpha value is -2.42. The number of halogens is 4. The van der Waals surface area contributed by atoms with E-state index in [1.54, 1.807) is 0 Å². The Kier molecular flexibility index (Phi) is 8.40. The summed E-state index contributed by atoms with van der Waals surface area (Å²) in [4.78, 5) is 3.87. The highest BCUT2D eigenvalue weighted by molar-refractivity contribution is 6.36. The Morgan fingerprint density at radius 3 is 2.43 bits per heavy atom. The van der Waals surface area contributed by atoms with Gasteiger partial charge >= 0.3 is 0 Å². The number of quaternary nitrogens is 2. The third-order valence-corrected chi connectivity index (χ3v) is 4.21. The molecule has 0 aliphatic carbocycles. The highest BCUT2D eigenvalue weighted by atomic mass is 35.5. The third-order valence-electron chi connectivity index (χ3n) is 3.70. The van der Waals surface area contributed by atoms with Gasteiger partial charge in [0.05, 0.1) is 11.8 Å². The molecule has 2 aromatic carbocycles. The second-order valence-electron chi connectivity index (χ2n) is 5.77. The lowest BCUT2D eigenvalue weighted by atomic mass is 10.1. The van der Waals surface area contributed by atoms with Gasteiger partial charge in [0.2, 0.25) is 11.6 Å². The molecule has 0 aromatic heterocycles. The molecular weight excluding hydrogens is 449 g/mol. The number of guanidine groups is 1. The summed E-state index contributed by atoms with van der Waals surface area (Å²) in [5, 5.41) is 41.8. The van der Waals surface area contributed by atoms with Gasteiger partial charge in [0.1, 0.15) is 10.8 Å². The Bertz CT molecular complexity index is 975. The molecule has 0 amide bonds. The molecular formula is C16H16Cl2F2N6O4. The highest BCUT2D eigenvalue weighted by Crippen LogP contribution is 2.26. The summed E-state index contributed by atoms with van der Waals surface area (Å²) in [6.07, 6.45) is 1.02. The zero-order chi connectivity index (χ0) is 22.4. The van der Waals surface area contributed by atoms with Crippen molar-refractivity contribution < 1.29 is 29.6 Å². The van der Waals surface area contributed by atoms with Crippen LogP contribution in [0, 0.1) is 22.0 Å². The number of hydrazone groups is 1. The number of nitrogens with two attached hydrogens (primary N) is 1. The Labute approximate surface area is 178 Å². The van der Waals surface area contributed by atoms with Crippen LogP contribution in [0.25, 0.3) is 0 Å². The molecule has 0 bridgehead atoms. The van der Waals surface area contributed by atoms with Crippen molar-refractivity contribution in [2.75, 3.05) is 6.54 Å². The monoisotopic (exact) mass is 464 g/mol. The molecule has 0 aliphatic heterocycles. The minimum absolute atomic E-state index is 0.0744. The van der Waals surface area contributed by atoms with E-state index in [4.69, 9.17) is 34.1 Å². The summed E-state index contributed by atoms with van der Waals surface area (Å²) in [7, 11) is 0. The van der Waals surface area contributed by atoms with E-state index < -0.39 is 27.8 Å². The molecule has 0 saturated carbocycles. The molecule has 14 heteroatoms. The van der Waals surface area contributed by atoms with Crippen LogP contribution >= 0.6 is 23.2 Å². The maximum absolute atomic E-state index is 13.6. The number of rotatable bonds is 7. The topological polar surface area (TPSA) is 158 Å². The maximum atomic E-state index is 13.6. The van der Waals surface area contributed by atoms with E-state index in [-0.39, 0.29) is 45.8 Å². The molecule has 162 valence electrons. The molecule has 2 aromatic rings. The summed E-state index contributed by atoms with van der Waals surface area (Å²) in [5.74, 6) is -2.31. The van der Waals surface area contributed by atoms with Gasteiger partial charge in [0, 0.05) is 23.2 Å². The average Bonchev–Trinajstić information content (AvgIpc) is 2.59. The molecule has 0 fully saturated rings. The van der Waals surface area contributed by atoms with Crippen LogP contribution in [-0.4, -0.2) is 29.1 Å². The number of hydrogen-bond acceptors (Lipinski definition) is 6. The largest absolute Gasteiger partial charge is 0.595 e. The maximum Gasteiger partial charge on any atom is 0.209 e. The second kappa shape index (κ2) is 10.6. The summed E-state index contributed by atoms with van der Waals surface area (Å²) in [6.45, 7) is -0.0963. The van der Waals surface area contributed by atoms with Gasteiger partial charge in [-0.15, -0.1) is 0 Å². The van der Waals surface area contributed by atoms with Crippen LogP contribution in [0.2, 0.25) is 10.0 Å². The molecule has 30 heavy (non-hydrogen) atoms. The average molecular weight is 465 g/mol. The van der Waals surface area contributed by atoms with E-state index in [9.17, 15) is 24.4 Å². The summed E-state index contributed by atoms with van der Waals surface area (Å²) in [5.41, 5.74) is 7.12. The third kappa shape index (κ3) is 6.29. The van der Waals surface area contributed by atoms with Crippen molar-refractivity contribution in [3.8, 4) is 0 Å². The first-order valence-electron chi connectivity index (χ1n) is 8.12. The molecule has 2 rings (SSSR count). The van der Waals surface area contributed by atoms with Crippen LogP contribution in [0.4, 0.5) is 20.2 Å². The van der Waals surface area contributed by atoms with Gasteiger partial charge in [0.15, 0.2) is 11.5 Å². The number of nitrogens with zero attached hydrogens (tertiary/aromatic N) is 2. The normalized spacial score (nSPS) is 14.2. The lowest BCUT2D eigenvalue weighted by Gasteiger charge is -2.16. The number of nitrogens with one attached hydrogen (secondary N) is 3. The van der Waals surface area contributed by atoms with Gasteiger partial charge in [-0.1, -0.05) is 23.2 Å². The van der Waals surface area contributed by atoms with E-state index in [0.29, 0.717) is 6.07 Å². The first-order valence-corrected chi connectivity index (χ1v) is 8.88. The molecule has 2 unspecified atom stereocenters. The van der Waals surface area contributed by atoms with E-state index in [2.05, 4.69) is 15.5 Å². The van der Waals surface area contributed by atoms with Crippen molar-refractivity contribution in [1.29, 1.82) is 0 Å². The number of hydrogen-bond donors (Lipinski definition) is 6. The van der Waals surface area contributed by atoms with Gasteiger partial charge in [-0.05, 0) is 24.6 Å². The molecule has 0 radical (unpaired) electrons. The minimum atomic E-state index is -1.53. The van der Waals surface area contributed by atoms with E-state index in [1.165, 1.54) is 12.1 Å². The molecule has 0 spiro atoms. The quantitative estimate of drug-likeness (QED) is 0.199. The lowest BCUT2D eigenvalue weighted by molar-refractivity contribution is -0.992. The fourth-order valence-electron chi connectivity index (χ4n) is 2.48. The van der Waals surface area contributed by atoms with E-state index in [0.717, 1.165) is 12.3 Å². The van der Waals surface area contributed by atoms with Crippen LogP contribution in [0.1, 0.15) is 11.1 Å². The van der Waals surface area contributed by atoms with Crippen molar-refractivity contribution >= 4 is 46.8 Å². The highest BCUT2D eigenvalue weighted by Gasteiger charge is 2.17. The Morgan fingerprint density at radius 2 is 1.80 bits per heavy atom. The zero-order valence-corrected chi connectivity index (χ0v) is 16.5. The Morgan fingerprint density at radius 1 is 1.13 bits per heavy atom. The molecule has 0 saturated heterocycles. The van der Waals surface area contributed by atoms with Crippen LogP contribution < -0.4 is 21.6 Å². The van der Waals surface area contributed by atoms with E-state index in [1.807, 2.05) is 0 Å². The van der Waals surface area contributed by atoms with Crippen LogP contribution in [0.15, 0.2) is 34.4 Å². The molecule has 0 aliphatic rings. The molecule has 7 N–H and O–H groups in total. The second-order valence-corrected chi connectivity index (χ2v) is 6.61. The van der Waals surface area contributed by atoms with Crippen molar-refractivity contribution in [2.45, 2.75) is 6.42 Å².